The van der Waals surface area contributed by atoms with Crippen molar-refractivity contribution in [2.45, 2.75) is 51.3 Å². The van der Waals surface area contributed by atoms with Crippen molar-refractivity contribution >= 4 is 17.6 Å². The standard InChI is InChI=1S/C25H30FN3O3/c1-24(2,3)32-22(30)21-7-5-4-6-18(21)16-29(20-10-8-19(26)9-11-20)17-28-23(31)25(29)12-14-27-15-13-25/h4-11,27H,12-17H2,1-3H3/p+1. The van der Waals surface area contributed by atoms with Crippen LogP contribution < -0.4 is 15.1 Å². The molecule has 32 heavy (non-hydrogen) atoms. The van der Waals surface area contributed by atoms with Crippen molar-refractivity contribution in [2.24, 2.45) is 0 Å². The van der Waals surface area contributed by atoms with Gasteiger partial charge in [-0.25, -0.2) is 9.18 Å². The number of nitrogens with zero attached hydrogens (tertiary/aromatic N) is 1. The first-order valence-corrected chi connectivity index (χ1v) is 11.1. The maximum Gasteiger partial charge on any atom is 0.339 e. The summed E-state index contributed by atoms with van der Waals surface area (Å²) in [6.45, 7) is 7.77. The van der Waals surface area contributed by atoms with Crippen LogP contribution in [0.2, 0.25) is 0 Å². The highest BCUT2D eigenvalue weighted by molar-refractivity contribution is 5.93. The van der Waals surface area contributed by atoms with Gasteiger partial charge in [0.2, 0.25) is 0 Å². The summed E-state index contributed by atoms with van der Waals surface area (Å²) in [5.74, 6) is -0.694. The van der Waals surface area contributed by atoms with Crippen molar-refractivity contribution in [1.29, 1.82) is 0 Å². The number of esters is 1. The fourth-order valence-electron chi connectivity index (χ4n) is 5.06. The van der Waals surface area contributed by atoms with Crippen molar-refractivity contribution in [3.8, 4) is 0 Å². The Labute approximate surface area is 188 Å². The van der Waals surface area contributed by atoms with Gasteiger partial charge in [-0.1, -0.05) is 18.2 Å². The maximum absolute atomic E-state index is 13.8. The third kappa shape index (κ3) is 3.91. The number of ether oxygens (including phenoxy) is 1. The first kappa shape index (κ1) is 22.4. The highest BCUT2D eigenvalue weighted by Crippen LogP contribution is 2.44. The second-order valence-electron chi connectivity index (χ2n) is 9.71. The van der Waals surface area contributed by atoms with Gasteiger partial charge in [0.25, 0.3) is 5.91 Å². The van der Waals surface area contributed by atoms with Gasteiger partial charge in [-0.05, 0) is 39.0 Å². The molecule has 2 aromatic rings. The van der Waals surface area contributed by atoms with Crippen LogP contribution in [0.3, 0.4) is 0 Å². The summed E-state index contributed by atoms with van der Waals surface area (Å²) in [6, 6.07) is 13.8. The molecule has 0 aliphatic carbocycles. The molecule has 2 heterocycles. The molecule has 1 atom stereocenters. The summed E-state index contributed by atoms with van der Waals surface area (Å²) in [4.78, 5) is 26.3. The average molecular weight is 441 g/mol. The van der Waals surface area contributed by atoms with Crippen LogP contribution in [0.5, 0.6) is 0 Å². The SMILES string of the molecule is CC(C)(C)OC(=O)c1ccccc1C[N+]1(c2ccc(F)cc2)CNC(=O)C12CCNCC2. The Morgan fingerprint density at radius 1 is 1.09 bits per heavy atom. The van der Waals surface area contributed by atoms with Crippen molar-refractivity contribution in [2.75, 3.05) is 19.8 Å². The zero-order chi connectivity index (χ0) is 23.0. The van der Waals surface area contributed by atoms with E-state index in [0.717, 1.165) is 24.3 Å². The number of quaternary nitrogens is 1. The lowest BCUT2D eigenvalue weighted by molar-refractivity contribution is -0.127. The Morgan fingerprint density at radius 2 is 1.75 bits per heavy atom. The number of carbonyl (C=O) groups is 2. The molecule has 0 radical (unpaired) electrons. The second kappa shape index (κ2) is 8.30. The number of amides is 1. The third-order valence-electron chi connectivity index (χ3n) is 6.58. The third-order valence-corrected chi connectivity index (χ3v) is 6.58. The summed E-state index contributed by atoms with van der Waals surface area (Å²) in [5, 5.41) is 6.44. The molecular formula is C25H31FN3O3+. The van der Waals surface area contributed by atoms with E-state index in [4.69, 9.17) is 4.74 Å². The van der Waals surface area contributed by atoms with Gasteiger partial charge in [0.1, 0.15) is 23.7 Å². The molecule has 1 unspecified atom stereocenters. The molecule has 2 fully saturated rings. The minimum atomic E-state index is -0.690. The Hall–Kier alpha value is -2.77. The van der Waals surface area contributed by atoms with Gasteiger partial charge in [0, 0.05) is 43.6 Å². The largest absolute Gasteiger partial charge is 0.456 e. The van der Waals surface area contributed by atoms with Crippen LogP contribution in [-0.2, 0) is 16.1 Å². The number of rotatable bonds is 4. The zero-order valence-electron chi connectivity index (χ0n) is 18.9. The smallest absolute Gasteiger partial charge is 0.339 e. The molecule has 2 aliphatic rings. The maximum atomic E-state index is 13.8. The zero-order valence-corrected chi connectivity index (χ0v) is 18.9. The summed E-state index contributed by atoms with van der Waals surface area (Å²) in [5.41, 5.74) is 0.843. The molecule has 0 aromatic heterocycles. The molecule has 2 saturated heterocycles. The van der Waals surface area contributed by atoms with E-state index >= 15 is 0 Å². The van der Waals surface area contributed by atoms with Crippen molar-refractivity contribution in [3.05, 3.63) is 65.5 Å². The quantitative estimate of drug-likeness (QED) is 0.564. The minimum Gasteiger partial charge on any atom is -0.456 e. The number of nitrogens with one attached hydrogen (secondary N) is 2. The van der Waals surface area contributed by atoms with Crippen LogP contribution in [0.1, 0.15) is 49.5 Å². The first-order valence-electron chi connectivity index (χ1n) is 11.1. The number of hydrogen-bond donors (Lipinski definition) is 2. The molecule has 170 valence electrons. The Morgan fingerprint density at radius 3 is 2.41 bits per heavy atom. The molecule has 4 rings (SSSR count). The number of piperidine rings is 1. The molecule has 6 nitrogen and oxygen atoms in total. The molecule has 2 N–H and O–H groups in total. The fourth-order valence-corrected chi connectivity index (χ4v) is 5.06. The van der Waals surface area contributed by atoms with E-state index in [-0.39, 0.29) is 17.7 Å². The lowest BCUT2D eigenvalue weighted by Gasteiger charge is -2.48. The van der Waals surface area contributed by atoms with E-state index in [1.807, 2.05) is 39.0 Å². The molecule has 2 aliphatic heterocycles. The molecule has 7 heteroatoms. The second-order valence-corrected chi connectivity index (χ2v) is 9.71. The van der Waals surface area contributed by atoms with E-state index < -0.39 is 11.1 Å². The van der Waals surface area contributed by atoms with Gasteiger partial charge in [0.05, 0.1) is 5.56 Å². The average Bonchev–Trinajstić information content (AvgIpc) is 3.00. The number of carbonyl (C=O) groups excluding carboxylic acids is 2. The first-order chi connectivity index (χ1) is 15.2. The van der Waals surface area contributed by atoms with Crippen molar-refractivity contribution in [3.63, 3.8) is 0 Å². The van der Waals surface area contributed by atoms with E-state index in [2.05, 4.69) is 10.6 Å². The van der Waals surface area contributed by atoms with Crippen LogP contribution in [-0.4, -0.2) is 42.8 Å². The highest BCUT2D eigenvalue weighted by atomic mass is 19.1. The Bertz CT molecular complexity index is 1010. The van der Waals surface area contributed by atoms with E-state index in [1.165, 1.54) is 12.1 Å². The van der Waals surface area contributed by atoms with Crippen LogP contribution in [0.25, 0.3) is 0 Å². The molecular weight excluding hydrogens is 409 g/mol. The minimum absolute atomic E-state index is 0.0121. The van der Waals surface area contributed by atoms with E-state index in [0.29, 0.717) is 36.1 Å². The fraction of sp³-hybridized carbons (Fsp3) is 0.440. The normalized spacial score (nSPS) is 22.6. The lowest BCUT2D eigenvalue weighted by Crippen LogP contribution is -2.67. The number of halogens is 1. The van der Waals surface area contributed by atoms with E-state index in [1.54, 1.807) is 18.2 Å². The Balaban J connectivity index is 1.83. The van der Waals surface area contributed by atoms with Crippen LogP contribution in [0, 0.1) is 5.82 Å². The molecule has 1 spiro atoms. The van der Waals surface area contributed by atoms with Gasteiger partial charge in [-0.15, -0.1) is 0 Å². The molecule has 0 saturated carbocycles. The summed E-state index contributed by atoms with van der Waals surface area (Å²) >= 11 is 0. The van der Waals surface area contributed by atoms with Gasteiger partial charge in [-0.3, -0.25) is 9.28 Å². The van der Waals surface area contributed by atoms with Gasteiger partial charge in [0.15, 0.2) is 12.2 Å². The van der Waals surface area contributed by atoms with Crippen LogP contribution in [0.4, 0.5) is 10.1 Å². The van der Waals surface area contributed by atoms with Crippen molar-refractivity contribution < 1.29 is 18.7 Å². The van der Waals surface area contributed by atoms with E-state index in [9.17, 15) is 14.0 Å². The van der Waals surface area contributed by atoms with Gasteiger partial charge in [-0.2, -0.15) is 0 Å². The number of hydrogen-bond acceptors (Lipinski definition) is 4. The monoisotopic (exact) mass is 440 g/mol. The topological polar surface area (TPSA) is 67.4 Å². The highest BCUT2D eigenvalue weighted by Gasteiger charge is 2.62. The Kier molecular flexibility index (Phi) is 5.81. The summed E-state index contributed by atoms with van der Waals surface area (Å²) in [7, 11) is 0. The predicted octanol–water partition coefficient (Wildman–Crippen LogP) is 3.50. The van der Waals surface area contributed by atoms with Crippen LogP contribution >= 0.6 is 0 Å². The molecule has 2 aromatic carbocycles. The van der Waals surface area contributed by atoms with Crippen LogP contribution in [0.15, 0.2) is 48.5 Å². The van der Waals surface area contributed by atoms with Gasteiger partial charge >= 0.3 is 5.97 Å². The predicted molar refractivity (Wildman–Crippen MR) is 121 cm³/mol. The lowest BCUT2D eigenvalue weighted by atomic mass is 9.83. The number of benzene rings is 2. The summed E-state index contributed by atoms with van der Waals surface area (Å²) < 4.78 is 19.8. The summed E-state index contributed by atoms with van der Waals surface area (Å²) in [6.07, 6.45) is 1.32. The molecule has 1 amide bonds. The van der Waals surface area contributed by atoms with Crippen molar-refractivity contribution in [1.82, 2.24) is 15.1 Å². The molecule has 0 bridgehead atoms. The van der Waals surface area contributed by atoms with Gasteiger partial charge < -0.3 is 15.4 Å².